The van der Waals surface area contributed by atoms with E-state index in [1.54, 1.807) is 0 Å². The number of nitrogens with one attached hydrogen (secondary N) is 1. The Balaban J connectivity index is 1.49. The van der Waals surface area contributed by atoms with Crippen LogP contribution in [0.15, 0.2) is 53.4 Å². The number of fused-ring (bicyclic) bond motifs is 1. The van der Waals surface area contributed by atoms with Crippen molar-refractivity contribution in [3.63, 3.8) is 0 Å². The summed E-state index contributed by atoms with van der Waals surface area (Å²) in [4.78, 5) is 13.2. The average molecular weight is 447 g/mol. The number of piperidine rings is 1. The number of para-hydroxylation sites is 1. The van der Waals surface area contributed by atoms with Crippen LogP contribution in [0.1, 0.15) is 44.7 Å². The van der Waals surface area contributed by atoms with E-state index in [-0.39, 0.29) is 23.4 Å². The van der Waals surface area contributed by atoms with Crippen molar-refractivity contribution in [1.29, 1.82) is 0 Å². The molecule has 2 heterocycles. The van der Waals surface area contributed by atoms with Gasteiger partial charge < -0.3 is 10.1 Å². The molecule has 2 aromatic rings. The number of halogens is 1. The molecule has 166 valence electrons. The molecule has 8 heteroatoms. The minimum atomic E-state index is -3.78. The fourth-order valence-electron chi connectivity index (χ4n) is 4.35. The summed E-state index contributed by atoms with van der Waals surface area (Å²) in [7, 11) is -3.78. The van der Waals surface area contributed by atoms with Gasteiger partial charge in [0.25, 0.3) is 0 Å². The predicted octanol–water partition coefficient (Wildman–Crippen LogP) is 3.65. The largest absolute Gasteiger partial charge is 0.487 e. The van der Waals surface area contributed by atoms with Crippen LogP contribution in [0.3, 0.4) is 0 Å². The van der Waals surface area contributed by atoms with Crippen molar-refractivity contribution >= 4 is 15.9 Å². The molecular weight excluding hydrogens is 419 g/mol. The zero-order chi connectivity index (χ0) is 22.2. The van der Waals surface area contributed by atoms with Crippen molar-refractivity contribution in [2.75, 3.05) is 13.1 Å². The molecule has 1 fully saturated rings. The Bertz CT molecular complexity index is 1070. The highest BCUT2D eigenvalue weighted by Crippen LogP contribution is 2.39. The first-order valence-electron chi connectivity index (χ1n) is 10.5. The summed E-state index contributed by atoms with van der Waals surface area (Å²) in [6, 6.07) is 12.2. The van der Waals surface area contributed by atoms with Crippen LogP contribution in [-0.4, -0.2) is 37.3 Å². The number of amides is 1. The van der Waals surface area contributed by atoms with Crippen LogP contribution in [0.5, 0.6) is 5.75 Å². The first kappa shape index (κ1) is 21.8. The molecule has 4 rings (SSSR count). The van der Waals surface area contributed by atoms with E-state index in [4.69, 9.17) is 4.74 Å². The molecular formula is C23H27FN2O4S. The van der Waals surface area contributed by atoms with Gasteiger partial charge in [-0.3, -0.25) is 4.79 Å². The molecule has 6 nitrogen and oxygen atoms in total. The fourth-order valence-corrected chi connectivity index (χ4v) is 5.87. The molecule has 2 aliphatic rings. The maximum absolute atomic E-state index is 13.2. The van der Waals surface area contributed by atoms with E-state index >= 15 is 0 Å². The predicted molar refractivity (Wildman–Crippen MR) is 115 cm³/mol. The van der Waals surface area contributed by atoms with E-state index in [2.05, 4.69) is 5.32 Å². The lowest BCUT2D eigenvalue weighted by Gasteiger charge is -2.39. The molecule has 0 aromatic heterocycles. The lowest BCUT2D eigenvalue weighted by Crippen LogP contribution is -2.48. The fraction of sp³-hybridized carbons (Fsp3) is 0.435. The van der Waals surface area contributed by atoms with E-state index in [0.29, 0.717) is 25.8 Å². The zero-order valence-corrected chi connectivity index (χ0v) is 18.5. The minimum absolute atomic E-state index is 0.0371. The molecule has 1 saturated heterocycles. The summed E-state index contributed by atoms with van der Waals surface area (Å²) < 4.78 is 46.5. The number of sulfonamides is 1. The Morgan fingerprint density at radius 2 is 1.87 bits per heavy atom. The maximum atomic E-state index is 13.2. The van der Waals surface area contributed by atoms with Gasteiger partial charge in [-0.2, -0.15) is 4.31 Å². The molecule has 1 N–H and O–H groups in total. The normalized spacial score (nSPS) is 23.5. The van der Waals surface area contributed by atoms with E-state index in [1.165, 1.54) is 16.4 Å². The number of nitrogens with zero attached hydrogens (tertiary/aromatic N) is 1. The summed E-state index contributed by atoms with van der Waals surface area (Å²) >= 11 is 0. The average Bonchev–Trinajstić information content (AvgIpc) is 2.73. The van der Waals surface area contributed by atoms with Gasteiger partial charge in [0.05, 0.1) is 16.9 Å². The smallest absolute Gasteiger partial charge is 0.243 e. The van der Waals surface area contributed by atoms with Crippen molar-refractivity contribution in [2.24, 2.45) is 5.92 Å². The van der Waals surface area contributed by atoms with E-state index in [9.17, 15) is 17.6 Å². The van der Waals surface area contributed by atoms with Crippen LogP contribution in [0, 0.1) is 11.7 Å². The summed E-state index contributed by atoms with van der Waals surface area (Å²) in [6.07, 6.45) is 1.84. The molecule has 2 aromatic carbocycles. The number of carbonyl (C=O) groups is 1. The minimum Gasteiger partial charge on any atom is -0.487 e. The van der Waals surface area contributed by atoms with Crippen molar-refractivity contribution in [1.82, 2.24) is 9.62 Å². The number of ether oxygens (including phenoxy) is 1. The Kier molecular flexibility index (Phi) is 5.79. The highest BCUT2D eigenvalue weighted by molar-refractivity contribution is 7.89. The van der Waals surface area contributed by atoms with Crippen LogP contribution in [0.4, 0.5) is 4.39 Å². The second-order valence-corrected chi connectivity index (χ2v) is 10.8. The van der Waals surface area contributed by atoms with Gasteiger partial charge in [0.2, 0.25) is 15.9 Å². The molecule has 2 atom stereocenters. The van der Waals surface area contributed by atoms with Gasteiger partial charge >= 0.3 is 0 Å². The van der Waals surface area contributed by atoms with Crippen LogP contribution in [-0.2, 0) is 14.8 Å². The SMILES string of the molecule is CC1(C)C[C@H](NC(=O)[C@@H]2CCCN(S(=O)(=O)c3ccc(F)cc3)C2)c2ccccc2O1. The summed E-state index contributed by atoms with van der Waals surface area (Å²) in [5.74, 6) is -0.332. The van der Waals surface area contributed by atoms with Gasteiger partial charge in [0.15, 0.2) is 0 Å². The number of hydrogen-bond acceptors (Lipinski definition) is 4. The molecule has 2 aliphatic heterocycles. The lowest BCUT2D eigenvalue weighted by atomic mass is 9.89. The Labute approximate surface area is 182 Å². The number of benzene rings is 2. The highest BCUT2D eigenvalue weighted by atomic mass is 32.2. The quantitative estimate of drug-likeness (QED) is 0.778. The van der Waals surface area contributed by atoms with E-state index in [1.807, 2.05) is 38.1 Å². The number of carbonyl (C=O) groups excluding carboxylic acids is 1. The molecule has 1 amide bonds. The summed E-state index contributed by atoms with van der Waals surface area (Å²) in [5, 5.41) is 3.13. The zero-order valence-electron chi connectivity index (χ0n) is 17.7. The van der Waals surface area contributed by atoms with Crippen LogP contribution >= 0.6 is 0 Å². The van der Waals surface area contributed by atoms with Crippen molar-refractivity contribution in [2.45, 2.75) is 49.6 Å². The number of hydrogen-bond donors (Lipinski definition) is 1. The Morgan fingerprint density at radius 3 is 2.61 bits per heavy atom. The van der Waals surface area contributed by atoms with Crippen LogP contribution in [0.25, 0.3) is 0 Å². The van der Waals surface area contributed by atoms with Gasteiger partial charge in [0.1, 0.15) is 17.2 Å². The van der Waals surface area contributed by atoms with Crippen LogP contribution < -0.4 is 10.1 Å². The lowest BCUT2D eigenvalue weighted by molar-refractivity contribution is -0.127. The molecule has 0 spiro atoms. The van der Waals surface area contributed by atoms with Crippen molar-refractivity contribution < 1.29 is 22.3 Å². The first-order valence-corrected chi connectivity index (χ1v) is 11.9. The molecule has 0 saturated carbocycles. The van der Waals surface area contributed by atoms with Gasteiger partial charge in [-0.1, -0.05) is 18.2 Å². The maximum Gasteiger partial charge on any atom is 0.243 e. The van der Waals surface area contributed by atoms with Gasteiger partial charge in [-0.15, -0.1) is 0 Å². The number of rotatable bonds is 4. The third-order valence-corrected chi connectivity index (χ3v) is 7.78. The Morgan fingerprint density at radius 1 is 1.16 bits per heavy atom. The first-order chi connectivity index (χ1) is 14.7. The summed E-state index contributed by atoms with van der Waals surface area (Å²) in [5.41, 5.74) is 0.512. The third-order valence-electron chi connectivity index (χ3n) is 5.90. The molecule has 0 bridgehead atoms. The highest BCUT2D eigenvalue weighted by Gasteiger charge is 2.37. The molecule has 0 unspecified atom stereocenters. The van der Waals surface area contributed by atoms with Gasteiger partial charge in [-0.25, -0.2) is 12.8 Å². The van der Waals surface area contributed by atoms with Crippen molar-refractivity contribution in [3.8, 4) is 5.75 Å². The third kappa shape index (κ3) is 4.60. The summed E-state index contributed by atoms with van der Waals surface area (Å²) in [6.45, 7) is 4.43. The monoisotopic (exact) mass is 446 g/mol. The Hall–Kier alpha value is -2.45. The molecule has 0 aliphatic carbocycles. The standard InChI is InChI=1S/C23H27FN2O4S/c1-23(2)14-20(19-7-3-4-8-21(19)30-23)25-22(27)16-6-5-13-26(15-16)31(28,29)18-11-9-17(24)10-12-18/h3-4,7-12,16,20H,5-6,13-15H2,1-2H3,(H,25,27)/t16-,20+/m1/s1. The molecule has 0 radical (unpaired) electrons. The second kappa shape index (κ2) is 8.24. The van der Waals surface area contributed by atoms with E-state index in [0.717, 1.165) is 23.4 Å². The van der Waals surface area contributed by atoms with Crippen LogP contribution in [0.2, 0.25) is 0 Å². The topological polar surface area (TPSA) is 75.7 Å². The van der Waals surface area contributed by atoms with Crippen molar-refractivity contribution in [3.05, 3.63) is 59.9 Å². The van der Waals surface area contributed by atoms with Gasteiger partial charge in [0, 0.05) is 25.1 Å². The molecule has 31 heavy (non-hydrogen) atoms. The second-order valence-electron chi connectivity index (χ2n) is 8.82. The van der Waals surface area contributed by atoms with Gasteiger partial charge in [-0.05, 0) is 57.0 Å². The van der Waals surface area contributed by atoms with E-state index < -0.39 is 27.4 Å².